The molecule has 1 heterocycles. The van der Waals surface area contributed by atoms with E-state index in [2.05, 4.69) is 26.8 Å². The van der Waals surface area contributed by atoms with E-state index in [0.29, 0.717) is 0 Å². The van der Waals surface area contributed by atoms with E-state index in [-0.39, 0.29) is 23.0 Å². The number of hydrogen-bond acceptors (Lipinski definition) is 9. The van der Waals surface area contributed by atoms with Crippen molar-refractivity contribution in [1.29, 1.82) is 0 Å². The maximum absolute atomic E-state index is 15.3. The van der Waals surface area contributed by atoms with Gasteiger partial charge in [-0.05, 0) is 49.3 Å². The number of amides is 1. The fraction of sp³-hybridized carbons (Fsp3) is 0.360. The van der Waals surface area contributed by atoms with Gasteiger partial charge in [-0.15, -0.1) is 5.53 Å². The van der Waals surface area contributed by atoms with Crippen molar-refractivity contribution in [2.24, 2.45) is 10.5 Å². The zero-order valence-electron chi connectivity index (χ0n) is 21.3. The Morgan fingerprint density at radius 1 is 1.16 bits per heavy atom. The van der Waals surface area contributed by atoms with E-state index >= 15 is 4.39 Å². The molecule has 2 aromatic carbocycles. The summed E-state index contributed by atoms with van der Waals surface area (Å²) in [4.78, 5) is 26.1. The second-order valence-corrected chi connectivity index (χ2v) is 10.0. The summed E-state index contributed by atoms with van der Waals surface area (Å²) in [5.74, 6) is -1.32. The van der Waals surface area contributed by atoms with Crippen LogP contribution in [0.1, 0.15) is 45.7 Å². The molecule has 1 aliphatic heterocycles. The van der Waals surface area contributed by atoms with Gasteiger partial charge in [0.25, 0.3) is 0 Å². The first-order valence-electron chi connectivity index (χ1n) is 11.6. The summed E-state index contributed by atoms with van der Waals surface area (Å²) in [7, 11) is 0. The second kappa shape index (κ2) is 11.5. The minimum atomic E-state index is -1.68. The minimum Gasteiger partial charge on any atom is -0.461 e. The summed E-state index contributed by atoms with van der Waals surface area (Å²) in [5.41, 5.74) is 3.79. The zero-order chi connectivity index (χ0) is 27.2. The van der Waals surface area contributed by atoms with Crippen molar-refractivity contribution in [2.45, 2.75) is 52.9 Å². The molecule has 0 aliphatic carbocycles. The number of ether oxygens (including phenoxy) is 2. The van der Waals surface area contributed by atoms with E-state index in [1.54, 1.807) is 40.7 Å². The lowest BCUT2D eigenvalue weighted by molar-refractivity contribution is -0.160. The quantitative estimate of drug-likeness (QED) is 0.315. The summed E-state index contributed by atoms with van der Waals surface area (Å²) in [6.45, 7) is 8.79. The van der Waals surface area contributed by atoms with Crippen LogP contribution in [0.4, 0.5) is 14.9 Å². The average molecular weight is 531 g/mol. The third-order valence-electron chi connectivity index (χ3n) is 5.55. The number of esters is 1. The van der Waals surface area contributed by atoms with Crippen LogP contribution in [0.25, 0.3) is 0 Å². The Bertz CT molecular complexity index is 1170. The Morgan fingerprint density at radius 3 is 2.43 bits per heavy atom. The molecule has 198 valence electrons. The molecular formula is C25H31FN6O4S. The Morgan fingerprint density at radius 2 is 1.86 bits per heavy atom. The fourth-order valence-corrected chi connectivity index (χ4v) is 4.02. The molecule has 2 aromatic rings. The topological polar surface area (TPSA) is 116 Å². The number of anilines is 1. The number of nitrogens with one attached hydrogen (secondary N) is 4. The maximum atomic E-state index is 15.3. The highest BCUT2D eigenvalue weighted by atomic mass is 32.1. The van der Waals surface area contributed by atoms with Gasteiger partial charge in [0.05, 0.1) is 11.8 Å². The summed E-state index contributed by atoms with van der Waals surface area (Å²) < 4.78 is 26.1. The molecule has 0 aromatic heterocycles. The van der Waals surface area contributed by atoms with Gasteiger partial charge in [-0.1, -0.05) is 57.2 Å². The van der Waals surface area contributed by atoms with E-state index in [1.165, 1.54) is 23.5 Å². The van der Waals surface area contributed by atoms with Crippen LogP contribution in [0, 0.1) is 11.2 Å². The maximum Gasteiger partial charge on any atom is 0.413 e. The molecule has 4 N–H and O–H groups in total. The van der Waals surface area contributed by atoms with Gasteiger partial charge < -0.3 is 14.8 Å². The van der Waals surface area contributed by atoms with Gasteiger partial charge in [0.2, 0.25) is 0 Å². The predicted octanol–water partition coefficient (Wildman–Crippen LogP) is 3.59. The van der Waals surface area contributed by atoms with Crippen LogP contribution < -0.4 is 26.7 Å². The SMILES string of the molecule is CC(C)OC(=O)C(NC(=S)NC(=O)OCc1ccccc1)(c1ccc(N2C=NNN2)c(F)c1)C(C)(C)C. The van der Waals surface area contributed by atoms with Crippen LogP contribution in [-0.2, 0) is 26.4 Å². The highest BCUT2D eigenvalue weighted by Crippen LogP contribution is 2.42. The molecule has 0 bridgehead atoms. The Hall–Kier alpha value is -3.77. The van der Waals surface area contributed by atoms with E-state index in [1.807, 2.05) is 30.3 Å². The van der Waals surface area contributed by atoms with Crippen molar-refractivity contribution >= 4 is 41.4 Å². The smallest absolute Gasteiger partial charge is 0.413 e. The van der Waals surface area contributed by atoms with Crippen molar-refractivity contribution < 1.29 is 23.5 Å². The van der Waals surface area contributed by atoms with Crippen molar-refractivity contribution in [3.05, 3.63) is 65.5 Å². The number of hydrogen-bond donors (Lipinski definition) is 4. The number of rotatable bonds is 7. The Balaban J connectivity index is 1.91. The first-order valence-corrected chi connectivity index (χ1v) is 12.0. The molecule has 1 unspecified atom stereocenters. The average Bonchev–Trinajstić information content (AvgIpc) is 3.35. The number of hydrazine groups is 2. The van der Waals surface area contributed by atoms with Crippen LogP contribution in [0.15, 0.2) is 53.6 Å². The highest BCUT2D eigenvalue weighted by molar-refractivity contribution is 7.80. The molecule has 0 fully saturated rings. The van der Waals surface area contributed by atoms with Crippen LogP contribution in [0.2, 0.25) is 0 Å². The summed E-state index contributed by atoms with van der Waals surface area (Å²) in [6.07, 6.45) is 0.0870. The Kier molecular flexibility index (Phi) is 8.66. The predicted molar refractivity (Wildman–Crippen MR) is 141 cm³/mol. The molecule has 1 aliphatic rings. The van der Waals surface area contributed by atoms with Gasteiger partial charge >= 0.3 is 12.1 Å². The zero-order valence-corrected chi connectivity index (χ0v) is 22.1. The number of carbonyl (C=O) groups is 2. The molecule has 3 rings (SSSR count). The molecular weight excluding hydrogens is 499 g/mol. The monoisotopic (exact) mass is 530 g/mol. The Labute approximate surface area is 220 Å². The molecule has 10 nitrogen and oxygen atoms in total. The highest BCUT2D eigenvalue weighted by Gasteiger charge is 2.53. The van der Waals surface area contributed by atoms with Gasteiger partial charge in [-0.3, -0.25) is 5.32 Å². The van der Waals surface area contributed by atoms with Crippen molar-refractivity contribution in [1.82, 2.24) is 21.7 Å². The van der Waals surface area contributed by atoms with E-state index in [9.17, 15) is 9.59 Å². The number of hydrazone groups is 1. The second-order valence-electron chi connectivity index (χ2n) is 9.60. The van der Waals surface area contributed by atoms with Gasteiger partial charge in [0, 0.05) is 5.41 Å². The number of halogens is 1. The molecule has 1 atom stereocenters. The van der Waals surface area contributed by atoms with Gasteiger partial charge in [-0.25, -0.2) is 24.5 Å². The molecule has 12 heteroatoms. The van der Waals surface area contributed by atoms with E-state index in [4.69, 9.17) is 21.7 Å². The number of carbonyl (C=O) groups excluding carboxylic acids is 2. The third-order valence-corrected chi connectivity index (χ3v) is 5.76. The molecule has 37 heavy (non-hydrogen) atoms. The molecule has 0 saturated heterocycles. The first kappa shape index (κ1) is 27.8. The standard InChI is InChI=1S/C25H31FN6O4S/c1-16(2)36-21(33)25(24(3,4)5,18-11-12-20(19(26)13-18)32-15-27-30-31-32)29-22(37)28-23(34)35-14-17-9-7-6-8-10-17/h6-13,15-16,30-31H,14H2,1-5H3,(H2,28,29,34,37). The van der Waals surface area contributed by atoms with E-state index < -0.39 is 34.9 Å². The van der Waals surface area contributed by atoms with Crippen LogP contribution in [0.5, 0.6) is 0 Å². The number of nitrogens with zero attached hydrogens (tertiary/aromatic N) is 2. The van der Waals surface area contributed by atoms with E-state index in [0.717, 1.165) is 5.56 Å². The lowest BCUT2D eigenvalue weighted by Crippen LogP contribution is -2.62. The largest absolute Gasteiger partial charge is 0.461 e. The number of benzene rings is 2. The first-order chi connectivity index (χ1) is 17.4. The summed E-state index contributed by atoms with van der Waals surface area (Å²) >= 11 is 5.39. The molecule has 1 amide bonds. The molecule has 0 radical (unpaired) electrons. The van der Waals surface area contributed by atoms with Crippen molar-refractivity contribution in [2.75, 3.05) is 5.01 Å². The lowest BCUT2D eigenvalue weighted by Gasteiger charge is -2.44. The third kappa shape index (κ3) is 6.52. The van der Waals surface area contributed by atoms with Crippen molar-refractivity contribution in [3.63, 3.8) is 0 Å². The van der Waals surface area contributed by atoms with Crippen molar-refractivity contribution in [3.8, 4) is 0 Å². The normalized spacial score (nSPS) is 14.5. The van der Waals surface area contributed by atoms with Gasteiger partial charge in [0.15, 0.2) is 10.7 Å². The number of thiocarbonyl (C=S) groups is 1. The molecule has 0 saturated carbocycles. The summed E-state index contributed by atoms with van der Waals surface area (Å²) in [5, 5.41) is 10.3. The van der Waals surface area contributed by atoms with Gasteiger partial charge in [-0.2, -0.15) is 5.10 Å². The van der Waals surface area contributed by atoms with Crippen LogP contribution >= 0.6 is 12.2 Å². The minimum absolute atomic E-state index is 0.0322. The van der Waals surface area contributed by atoms with Crippen LogP contribution in [-0.4, -0.2) is 29.6 Å². The molecule has 0 spiro atoms. The number of alkyl carbamates (subject to hydrolysis) is 1. The van der Waals surface area contributed by atoms with Gasteiger partial charge in [0.1, 0.15) is 18.8 Å². The lowest BCUT2D eigenvalue weighted by atomic mass is 9.69. The summed E-state index contributed by atoms with van der Waals surface area (Å²) in [6, 6.07) is 13.4. The van der Waals surface area contributed by atoms with Crippen LogP contribution in [0.3, 0.4) is 0 Å². The fourth-order valence-electron chi connectivity index (χ4n) is 3.78.